The summed E-state index contributed by atoms with van der Waals surface area (Å²) >= 11 is 1.62. The van der Waals surface area contributed by atoms with Crippen LogP contribution in [0, 0.1) is 19.3 Å². The molecule has 3 aromatic carbocycles. The lowest BCUT2D eigenvalue weighted by Gasteiger charge is -2.30. The summed E-state index contributed by atoms with van der Waals surface area (Å²) in [5.41, 5.74) is 8.16. The van der Waals surface area contributed by atoms with E-state index in [1.807, 2.05) is 66.7 Å². The van der Waals surface area contributed by atoms with E-state index in [-0.39, 0.29) is 6.42 Å². The third-order valence-electron chi connectivity index (χ3n) is 5.10. The van der Waals surface area contributed by atoms with Gasteiger partial charge in [-0.1, -0.05) is 90.1 Å². The second kappa shape index (κ2) is 10.0. The Morgan fingerprint density at radius 3 is 2.37 bits per heavy atom. The highest BCUT2D eigenvalue weighted by molar-refractivity contribution is 7.99. The maximum atomic E-state index is 12.8. The molecule has 0 saturated carbocycles. The lowest BCUT2D eigenvalue weighted by molar-refractivity contribution is -0.123. The summed E-state index contributed by atoms with van der Waals surface area (Å²) in [7, 11) is 0. The fourth-order valence-corrected chi connectivity index (χ4v) is 4.46. The minimum absolute atomic E-state index is 0.243. The lowest BCUT2D eigenvalue weighted by atomic mass is 9.74. The summed E-state index contributed by atoms with van der Waals surface area (Å²) in [5, 5.41) is 0. The predicted octanol–water partition coefficient (Wildman–Crippen LogP) is 6.00. The highest BCUT2D eigenvalue weighted by atomic mass is 32.2. The smallest absolute Gasteiger partial charge is 0.229 e. The maximum Gasteiger partial charge on any atom is 0.229 e. The molecular formula is C27H25NOS. The molecule has 0 fully saturated rings. The van der Waals surface area contributed by atoms with E-state index in [0.29, 0.717) is 6.42 Å². The number of nitrogens with two attached hydrogens (primary N) is 1. The third-order valence-corrected chi connectivity index (χ3v) is 6.19. The molecule has 150 valence electrons. The first-order chi connectivity index (χ1) is 14.5. The number of carbonyl (C=O) groups is 1. The summed E-state index contributed by atoms with van der Waals surface area (Å²) in [6.45, 7) is 2.06. The van der Waals surface area contributed by atoms with Gasteiger partial charge in [0.25, 0.3) is 0 Å². The number of hydrogen-bond acceptors (Lipinski definition) is 2. The average molecular weight is 412 g/mol. The Morgan fingerprint density at radius 2 is 1.70 bits per heavy atom. The molecule has 2 N–H and O–H groups in total. The van der Waals surface area contributed by atoms with Gasteiger partial charge in [0.2, 0.25) is 5.91 Å². The van der Waals surface area contributed by atoms with Gasteiger partial charge in [-0.05, 0) is 42.7 Å². The lowest BCUT2D eigenvalue weighted by Crippen LogP contribution is -2.41. The van der Waals surface area contributed by atoms with E-state index in [2.05, 4.69) is 37.1 Å². The molecule has 3 rings (SSSR count). The molecular weight excluding hydrogens is 386 g/mol. The van der Waals surface area contributed by atoms with Crippen LogP contribution in [0.1, 0.15) is 29.5 Å². The number of aryl methyl sites for hydroxylation is 1. The van der Waals surface area contributed by atoms with Gasteiger partial charge in [0.15, 0.2) is 0 Å². The van der Waals surface area contributed by atoms with Crippen molar-refractivity contribution in [3.63, 3.8) is 0 Å². The highest BCUT2D eigenvalue weighted by Crippen LogP contribution is 2.40. The second-order valence-electron chi connectivity index (χ2n) is 7.26. The van der Waals surface area contributed by atoms with Gasteiger partial charge in [0, 0.05) is 16.2 Å². The molecule has 1 atom stereocenters. The zero-order valence-electron chi connectivity index (χ0n) is 17.0. The van der Waals surface area contributed by atoms with Crippen molar-refractivity contribution in [2.24, 2.45) is 5.73 Å². The Morgan fingerprint density at radius 1 is 1.03 bits per heavy atom. The Kier molecular flexibility index (Phi) is 7.17. The Balaban J connectivity index is 1.99. The number of rotatable bonds is 8. The minimum atomic E-state index is -0.964. The van der Waals surface area contributed by atoms with Gasteiger partial charge in [-0.2, -0.15) is 0 Å². The summed E-state index contributed by atoms with van der Waals surface area (Å²) < 4.78 is 0. The van der Waals surface area contributed by atoms with E-state index in [9.17, 15) is 4.79 Å². The molecule has 0 radical (unpaired) electrons. The van der Waals surface area contributed by atoms with Gasteiger partial charge < -0.3 is 5.73 Å². The maximum absolute atomic E-state index is 12.8. The average Bonchev–Trinajstić information content (AvgIpc) is 2.76. The summed E-state index contributed by atoms with van der Waals surface area (Å²) in [5.74, 6) is 2.28. The first-order valence-corrected chi connectivity index (χ1v) is 10.7. The molecule has 0 aromatic heterocycles. The van der Waals surface area contributed by atoms with Crippen molar-refractivity contribution in [3.05, 3.63) is 102 Å². The number of amides is 1. The molecule has 0 unspecified atom stereocenters. The van der Waals surface area contributed by atoms with E-state index >= 15 is 0 Å². The fourth-order valence-electron chi connectivity index (χ4n) is 3.42. The van der Waals surface area contributed by atoms with E-state index in [1.165, 1.54) is 5.56 Å². The van der Waals surface area contributed by atoms with Crippen molar-refractivity contribution in [1.82, 2.24) is 0 Å². The van der Waals surface area contributed by atoms with Crippen LogP contribution in [0.5, 0.6) is 0 Å². The molecule has 0 aliphatic heterocycles. The molecule has 0 aliphatic rings. The first-order valence-electron chi connectivity index (χ1n) is 9.84. The van der Waals surface area contributed by atoms with Crippen molar-refractivity contribution >= 4 is 23.7 Å². The van der Waals surface area contributed by atoms with Crippen molar-refractivity contribution in [2.45, 2.75) is 35.0 Å². The van der Waals surface area contributed by atoms with Crippen molar-refractivity contribution in [1.29, 1.82) is 0 Å². The van der Waals surface area contributed by atoms with Crippen LogP contribution in [0.2, 0.25) is 0 Å². The molecule has 1 amide bonds. The van der Waals surface area contributed by atoms with Crippen LogP contribution in [-0.4, -0.2) is 5.91 Å². The summed E-state index contributed by atoms with van der Waals surface area (Å²) in [6, 6.07) is 26.2. The zero-order valence-corrected chi connectivity index (χ0v) is 17.9. The predicted molar refractivity (Wildman–Crippen MR) is 126 cm³/mol. The standard InChI is InChI=1S/C27H25NOS/c1-3-19-27(26(28)29,20-9-12-22-10-5-4-6-11-22)24-13-7-8-14-25(24)30-23-17-15-21(2)16-18-23/h1,4-18H,19-20H2,2H3,(H2,28,29)/b12-9+/t27-/m0/s1. The molecule has 0 spiro atoms. The summed E-state index contributed by atoms with van der Waals surface area (Å²) in [4.78, 5) is 14.9. The molecule has 0 aliphatic carbocycles. The highest BCUT2D eigenvalue weighted by Gasteiger charge is 2.38. The van der Waals surface area contributed by atoms with Gasteiger partial charge in [-0.25, -0.2) is 0 Å². The Bertz CT molecular complexity index is 1060. The van der Waals surface area contributed by atoms with Gasteiger partial charge in [0.05, 0.1) is 5.41 Å². The number of hydrogen-bond donors (Lipinski definition) is 1. The Labute approximate surface area is 183 Å². The fraction of sp³-hybridized carbons (Fsp3) is 0.148. The molecule has 3 aromatic rings. The zero-order chi connectivity index (χ0) is 21.4. The monoisotopic (exact) mass is 411 g/mol. The van der Waals surface area contributed by atoms with Gasteiger partial charge in [-0.3, -0.25) is 4.79 Å². The minimum Gasteiger partial charge on any atom is -0.369 e. The SMILES string of the molecule is C#CC[C@@](C/C=C/c1ccccc1)(C(N)=O)c1ccccc1Sc1ccc(C)cc1. The number of allylic oxidation sites excluding steroid dienone is 1. The molecule has 0 saturated heterocycles. The first kappa shape index (κ1) is 21.5. The van der Waals surface area contributed by atoms with Crippen LogP contribution in [-0.2, 0) is 10.2 Å². The van der Waals surface area contributed by atoms with Crippen LogP contribution in [0.3, 0.4) is 0 Å². The van der Waals surface area contributed by atoms with Crippen molar-refractivity contribution in [2.75, 3.05) is 0 Å². The van der Waals surface area contributed by atoms with Gasteiger partial charge in [-0.15, -0.1) is 12.3 Å². The van der Waals surface area contributed by atoms with E-state index in [1.54, 1.807) is 11.8 Å². The quantitative estimate of drug-likeness (QED) is 0.462. The largest absolute Gasteiger partial charge is 0.369 e. The van der Waals surface area contributed by atoms with Crippen LogP contribution in [0.15, 0.2) is 94.7 Å². The van der Waals surface area contributed by atoms with E-state index in [0.717, 1.165) is 20.9 Å². The van der Waals surface area contributed by atoms with Gasteiger partial charge in [0.1, 0.15) is 0 Å². The molecule has 2 nitrogen and oxygen atoms in total. The summed E-state index contributed by atoms with van der Waals surface area (Å²) in [6.07, 6.45) is 10.4. The van der Waals surface area contributed by atoms with Gasteiger partial charge >= 0.3 is 0 Å². The molecule has 3 heteroatoms. The number of carbonyl (C=O) groups excluding carboxylic acids is 1. The molecule has 30 heavy (non-hydrogen) atoms. The number of benzene rings is 3. The second-order valence-corrected chi connectivity index (χ2v) is 8.37. The third kappa shape index (κ3) is 5.03. The number of terminal acetylenes is 1. The molecule has 0 heterocycles. The van der Waals surface area contributed by atoms with Crippen LogP contribution >= 0.6 is 11.8 Å². The van der Waals surface area contributed by atoms with Crippen molar-refractivity contribution in [3.8, 4) is 12.3 Å². The van der Waals surface area contributed by atoms with Crippen LogP contribution in [0.25, 0.3) is 6.08 Å². The van der Waals surface area contributed by atoms with Crippen LogP contribution < -0.4 is 5.73 Å². The topological polar surface area (TPSA) is 43.1 Å². The normalized spacial score (nSPS) is 12.9. The van der Waals surface area contributed by atoms with E-state index < -0.39 is 11.3 Å². The van der Waals surface area contributed by atoms with Crippen molar-refractivity contribution < 1.29 is 4.79 Å². The Hall–Kier alpha value is -3.22. The van der Waals surface area contributed by atoms with Crippen LogP contribution in [0.4, 0.5) is 0 Å². The number of primary amides is 1. The van der Waals surface area contributed by atoms with E-state index in [4.69, 9.17) is 12.2 Å². The molecule has 0 bridgehead atoms.